The minimum Gasteiger partial charge on any atom is -0.490 e. The zero-order valence-corrected chi connectivity index (χ0v) is 16.2. The maximum absolute atomic E-state index is 12.7. The third-order valence-corrected chi connectivity index (χ3v) is 4.11. The Kier molecular flexibility index (Phi) is 10.3. The molecule has 0 aromatic heterocycles. The van der Waals surface area contributed by atoms with Gasteiger partial charge in [0.25, 0.3) is 5.91 Å². The molecule has 0 aliphatic carbocycles. The molecule has 1 N–H and O–H groups in total. The van der Waals surface area contributed by atoms with Crippen LogP contribution in [0.4, 0.5) is 0 Å². The molecule has 5 nitrogen and oxygen atoms in total. The van der Waals surface area contributed by atoms with Crippen molar-refractivity contribution in [2.45, 2.75) is 39.5 Å². The fraction of sp³-hybridized carbons (Fsp3) is 0.632. The normalized spacial score (nSPS) is 13.9. The summed E-state index contributed by atoms with van der Waals surface area (Å²) in [6.07, 6.45) is 4.16. The molecular formula is C19H31ClN2O3. The number of nitrogens with zero attached hydrogens (tertiary/aromatic N) is 1. The molecule has 0 bridgehead atoms. The molecule has 1 aliphatic rings. The fourth-order valence-corrected chi connectivity index (χ4v) is 2.58. The number of rotatable bonds is 9. The van der Waals surface area contributed by atoms with Crippen LogP contribution in [0, 0.1) is 0 Å². The van der Waals surface area contributed by atoms with E-state index < -0.39 is 0 Å². The Bertz CT molecular complexity index is 519. The lowest BCUT2D eigenvalue weighted by Gasteiger charge is -2.27. The van der Waals surface area contributed by atoms with Crippen molar-refractivity contribution in [3.05, 3.63) is 23.8 Å². The van der Waals surface area contributed by atoms with Crippen LogP contribution in [0.1, 0.15) is 49.9 Å². The molecule has 1 aromatic carbocycles. The average Bonchev–Trinajstić information content (AvgIpc) is 2.63. The van der Waals surface area contributed by atoms with E-state index >= 15 is 0 Å². The first kappa shape index (κ1) is 21.6. The quantitative estimate of drug-likeness (QED) is 0.676. The van der Waals surface area contributed by atoms with Crippen molar-refractivity contribution in [3.63, 3.8) is 0 Å². The van der Waals surface area contributed by atoms with Crippen molar-refractivity contribution in [2.75, 3.05) is 39.4 Å². The van der Waals surface area contributed by atoms with Crippen LogP contribution in [0.25, 0.3) is 0 Å². The van der Waals surface area contributed by atoms with Crippen LogP contribution >= 0.6 is 12.4 Å². The van der Waals surface area contributed by atoms with Crippen molar-refractivity contribution in [2.24, 2.45) is 0 Å². The Hall–Kier alpha value is -1.46. The first-order chi connectivity index (χ1) is 11.8. The second kappa shape index (κ2) is 12.0. The van der Waals surface area contributed by atoms with Gasteiger partial charge in [0.05, 0.1) is 13.2 Å². The predicted octanol–water partition coefficient (Wildman–Crippen LogP) is 3.51. The number of piperazine rings is 1. The summed E-state index contributed by atoms with van der Waals surface area (Å²) in [5, 5.41) is 3.27. The van der Waals surface area contributed by atoms with Gasteiger partial charge in [0.15, 0.2) is 11.5 Å². The number of amides is 1. The number of hydrogen-bond acceptors (Lipinski definition) is 4. The van der Waals surface area contributed by atoms with Crippen LogP contribution in [0.5, 0.6) is 11.5 Å². The highest BCUT2D eigenvalue weighted by Gasteiger charge is 2.19. The standard InChI is InChI=1S/C19H30N2O3.ClH/c1-3-5-13-23-17-8-7-16(15-18(17)24-14-6-4-2)19(22)21-11-9-20-10-12-21;/h7-8,15,20H,3-6,9-14H2,1-2H3;1H. The van der Waals surface area contributed by atoms with Crippen molar-refractivity contribution >= 4 is 18.3 Å². The monoisotopic (exact) mass is 370 g/mol. The lowest BCUT2D eigenvalue weighted by Crippen LogP contribution is -2.46. The van der Waals surface area contributed by atoms with E-state index in [1.54, 1.807) is 0 Å². The minimum atomic E-state index is 0. The summed E-state index contributed by atoms with van der Waals surface area (Å²) in [6.45, 7) is 8.79. The van der Waals surface area contributed by atoms with Gasteiger partial charge in [0.1, 0.15) is 0 Å². The molecule has 1 aromatic rings. The van der Waals surface area contributed by atoms with Gasteiger partial charge in [0, 0.05) is 31.7 Å². The van der Waals surface area contributed by atoms with E-state index in [9.17, 15) is 4.79 Å². The Morgan fingerprint density at radius 3 is 2.24 bits per heavy atom. The Morgan fingerprint density at radius 2 is 1.64 bits per heavy atom. The molecule has 0 atom stereocenters. The topological polar surface area (TPSA) is 50.8 Å². The van der Waals surface area contributed by atoms with Crippen LogP contribution in [0.3, 0.4) is 0 Å². The predicted molar refractivity (Wildman–Crippen MR) is 103 cm³/mol. The van der Waals surface area contributed by atoms with Crippen molar-refractivity contribution in [1.29, 1.82) is 0 Å². The molecule has 2 rings (SSSR count). The number of hydrogen-bond donors (Lipinski definition) is 1. The highest BCUT2D eigenvalue weighted by atomic mass is 35.5. The number of halogens is 1. The molecule has 0 saturated carbocycles. The molecule has 1 saturated heterocycles. The number of carbonyl (C=O) groups is 1. The number of nitrogens with one attached hydrogen (secondary N) is 1. The summed E-state index contributed by atoms with van der Waals surface area (Å²) in [6, 6.07) is 5.55. The van der Waals surface area contributed by atoms with Gasteiger partial charge < -0.3 is 19.7 Å². The van der Waals surface area contributed by atoms with Crippen LogP contribution in [0.2, 0.25) is 0 Å². The minimum absolute atomic E-state index is 0. The first-order valence-corrected chi connectivity index (χ1v) is 9.16. The average molecular weight is 371 g/mol. The Balaban J connectivity index is 0.00000312. The van der Waals surface area contributed by atoms with Gasteiger partial charge in [-0.3, -0.25) is 4.79 Å². The fourth-order valence-electron chi connectivity index (χ4n) is 2.58. The van der Waals surface area contributed by atoms with Crippen molar-refractivity contribution in [3.8, 4) is 11.5 Å². The summed E-state index contributed by atoms with van der Waals surface area (Å²) in [4.78, 5) is 14.5. The number of benzene rings is 1. The van der Waals surface area contributed by atoms with Crippen LogP contribution in [0.15, 0.2) is 18.2 Å². The Labute approximate surface area is 157 Å². The van der Waals surface area contributed by atoms with E-state index in [4.69, 9.17) is 9.47 Å². The van der Waals surface area contributed by atoms with E-state index in [0.29, 0.717) is 24.5 Å². The summed E-state index contributed by atoms with van der Waals surface area (Å²) < 4.78 is 11.7. The smallest absolute Gasteiger partial charge is 0.254 e. The zero-order chi connectivity index (χ0) is 17.2. The summed E-state index contributed by atoms with van der Waals surface area (Å²) in [5.74, 6) is 1.48. The molecule has 142 valence electrons. The zero-order valence-electron chi connectivity index (χ0n) is 15.4. The largest absolute Gasteiger partial charge is 0.490 e. The highest BCUT2D eigenvalue weighted by Crippen LogP contribution is 2.29. The van der Waals surface area contributed by atoms with E-state index in [2.05, 4.69) is 19.2 Å². The third-order valence-electron chi connectivity index (χ3n) is 4.11. The Morgan fingerprint density at radius 1 is 1.04 bits per heavy atom. The van der Waals surface area contributed by atoms with Gasteiger partial charge in [-0.15, -0.1) is 12.4 Å². The van der Waals surface area contributed by atoms with Crippen LogP contribution < -0.4 is 14.8 Å². The molecule has 1 amide bonds. The number of ether oxygens (including phenoxy) is 2. The second-order valence-corrected chi connectivity index (χ2v) is 6.11. The summed E-state index contributed by atoms with van der Waals surface area (Å²) >= 11 is 0. The van der Waals surface area contributed by atoms with Crippen LogP contribution in [-0.4, -0.2) is 50.2 Å². The number of unbranched alkanes of at least 4 members (excludes halogenated alkanes) is 2. The number of carbonyl (C=O) groups excluding carboxylic acids is 1. The molecule has 1 heterocycles. The maximum Gasteiger partial charge on any atom is 0.254 e. The maximum atomic E-state index is 12.7. The summed E-state index contributed by atoms with van der Waals surface area (Å²) in [7, 11) is 0. The SMILES string of the molecule is CCCCOc1ccc(C(=O)N2CCNCC2)cc1OCCCC.Cl. The molecule has 1 fully saturated rings. The molecule has 0 unspecified atom stereocenters. The lowest BCUT2D eigenvalue weighted by atomic mass is 10.1. The van der Waals surface area contributed by atoms with E-state index in [0.717, 1.165) is 57.6 Å². The lowest BCUT2D eigenvalue weighted by molar-refractivity contribution is 0.0735. The first-order valence-electron chi connectivity index (χ1n) is 9.16. The molecule has 1 aliphatic heterocycles. The second-order valence-electron chi connectivity index (χ2n) is 6.11. The summed E-state index contributed by atoms with van der Waals surface area (Å²) in [5.41, 5.74) is 0.672. The van der Waals surface area contributed by atoms with Crippen molar-refractivity contribution < 1.29 is 14.3 Å². The van der Waals surface area contributed by atoms with Gasteiger partial charge in [-0.25, -0.2) is 0 Å². The molecule has 6 heteroatoms. The van der Waals surface area contributed by atoms with Crippen LogP contribution in [-0.2, 0) is 0 Å². The molecule has 25 heavy (non-hydrogen) atoms. The van der Waals surface area contributed by atoms with Crippen molar-refractivity contribution in [1.82, 2.24) is 10.2 Å². The van der Waals surface area contributed by atoms with Gasteiger partial charge in [0.2, 0.25) is 0 Å². The molecule has 0 radical (unpaired) electrons. The molecule has 0 spiro atoms. The van der Waals surface area contributed by atoms with Gasteiger partial charge >= 0.3 is 0 Å². The van der Waals surface area contributed by atoms with E-state index in [1.807, 2.05) is 23.1 Å². The highest BCUT2D eigenvalue weighted by molar-refractivity contribution is 5.95. The van der Waals surface area contributed by atoms with Gasteiger partial charge in [-0.05, 0) is 31.0 Å². The van der Waals surface area contributed by atoms with E-state index in [1.165, 1.54) is 0 Å². The van der Waals surface area contributed by atoms with Gasteiger partial charge in [-0.2, -0.15) is 0 Å². The van der Waals surface area contributed by atoms with Gasteiger partial charge in [-0.1, -0.05) is 26.7 Å². The van der Waals surface area contributed by atoms with E-state index in [-0.39, 0.29) is 18.3 Å². The molecular weight excluding hydrogens is 340 g/mol. The third kappa shape index (κ3) is 6.75.